The minimum absolute atomic E-state index is 0.368. The maximum Gasteiger partial charge on any atom is 0.279 e. The average Bonchev–Trinajstić information content (AvgIpc) is 3.11. The second kappa shape index (κ2) is 6.86. The highest BCUT2D eigenvalue weighted by Crippen LogP contribution is 2.27. The predicted molar refractivity (Wildman–Crippen MR) is 106 cm³/mol. The van der Waals surface area contributed by atoms with Crippen molar-refractivity contribution in [3.8, 4) is 0 Å². The average molecular weight is 426 g/mol. The quantitative estimate of drug-likeness (QED) is 0.371. The molecule has 0 aliphatic carbocycles. The molecule has 0 fully saturated rings. The van der Waals surface area contributed by atoms with Crippen molar-refractivity contribution in [3.05, 3.63) is 75.0 Å². The molecule has 0 unspecified atom stereocenters. The molecule has 0 bridgehead atoms. The first-order chi connectivity index (χ1) is 12.6. The Hall–Kier alpha value is -2.77. The molecule has 7 heteroatoms. The van der Waals surface area contributed by atoms with Crippen molar-refractivity contribution < 1.29 is 9.59 Å². The molecule has 5 nitrogen and oxygen atoms in total. The maximum atomic E-state index is 12.7. The van der Waals surface area contributed by atoms with Crippen molar-refractivity contribution in [3.63, 3.8) is 0 Å². The second-order valence-electron chi connectivity index (χ2n) is 5.56. The Morgan fingerprint density at radius 2 is 1.69 bits per heavy atom. The highest BCUT2D eigenvalue weighted by atomic mass is 79.9. The number of hydrogen-bond donors (Lipinski definition) is 2. The lowest BCUT2D eigenvalue weighted by atomic mass is 10.0. The van der Waals surface area contributed by atoms with E-state index in [-0.39, 0.29) is 5.91 Å². The molecule has 2 aromatic heterocycles. The Labute approximate surface area is 161 Å². The van der Waals surface area contributed by atoms with E-state index in [1.54, 1.807) is 24.4 Å². The van der Waals surface area contributed by atoms with E-state index in [2.05, 4.69) is 31.8 Å². The number of nitrogens with one attached hydrogen (secondary N) is 2. The molecule has 0 saturated carbocycles. The molecular weight excluding hydrogens is 414 g/mol. The lowest BCUT2D eigenvalue weighted by Gasteiger charge is -2.10. The van der Waals surface area contributed by atoms with Crippen molar-refractivity contribution in [2.45, 2.75) is 0 Å². The van der Waals surface area contributed by atoms with E-state index in [0.717, 1.165) is 19.9 Å². The van der Waals surface area contributed by atoms with E-state index in [0.29, 0.717) is 16.0 Å². The third kappa shape index (κ3) is 3.07. The molecule has 2 amide bonds. The van der Waals surface area contributed by atoms with Gasteiger partial charge in [0.2, 0.25) is 0 Å². The Kier molecular flexibility index (Phi) is 4.40. The number of carbonyl (C=O) groups excluding carboxylic acids is 2. The maximum absolute atomic E-state index is 12.7. The van der Waals surface area contributed by atoms with Crippen LogP contribution in [0.2, 0.25) is 0 Å². The van der Waals surface area contributed by atoms with E-state index < -0.39 is 5.91 Å². The van der Waals surface area contributed by atoms with E-state index in [1.165, 1.54) is 11.3 Å². The van der Waals surface area contributed by atoms with Gasteiger partial charge in [-0.2, -0.15) is 0 Å². The van der Waals surface area contributed by atoms with E-state index in [1.807, 2.05) is 36.4 Å². The topological polar surface area (TPSA) is 71.1 Å². The van der Waals surface area contributed by atoms with Crippen molar-refractivity contribution in [2.24, 2.45) is 0 Å². The molecule has 0 saturated heterocycles. The first-order valence-corrected chi connectivity index (χ1v) is 9.37. The Bertz CT molecular complexity index is 1160. The number of benzene rings is 2. The Morgan fingerprint density at radius 3 is 2.50 bits per heavy atom. The third-order valence-electron chi connectivity index (χ3n) is 3.94. The molecule has 2 N–H and O–H groups in total. The van der Waals surface area contributed by atoms with E-state index in [4.69, 9.17) is 0 Å². The highest BCUT2D eigenvalue weighted by Gasteiger charge is 2.15. The van der Waals surface area contributed by atoms with Crippen LogP contribution in [0.1, 0.15) is 20.0 Å². The molecule has 0 atom stereocenters. The predicted octanol–water partition coefficient (Wildman–Crippen LogP) is 4.29. The zero-order chi connectivity index (χ0) is 18.1. The normalized spacial score (nSPS) is 10.8. The van der Waals surface area contributed by atoms with Gasteiger partial charge < -0.3 is 0 Å². The molecule has 26 heavy (non-hydrogen) atoms. The summed E-state index contributed by atoms with van der Waals surface area (Å²) >= 11 is 4.60. The SMILES string of the molecule is O=C(NNC(=O)c1cc2ccccc2c2cccnc12)c1ccc(Br)s1. The largest absolute Gasteiger partial charge is 0.279 e. The third-order valence-corrected chi connectivity index (χ3v) is 5.57. The van der Waals surface area contributed by atoms with Crippen LogP contribution in [0, 0.1) is 0 Å². The van der Waals surface area contributed by atoms with Gasteiger partial charge in [0, 0.05) is 11.6 Å². The fourth-order valence-corrected chi connectivity index (χ4v) is 4.06. The first kappa shape index (κ1) is 16.7. The van der Waals surface area contributed by atoms with Crippen molar-refractivity contribution in [1.82, 2.24) is 15.8 Å². The van der Waals surface area contributed by atoms with Crippen LogP contribution in [0.15, 0.2) is 64.6 Å². The molecule has 4 rings (SSSR count). The van der Waals surface area contributed by atoms with Crippen LogP contribution in [-0.4, -0.2) is 16.8 Å². The van der Waals surface area contributed by atoms with Crippen LogP contribution in [0.25, 0.3) is 21.7 Å². The van der Waals surface area contributed by atoms with Crippen LogP contribution >= 0.6 is 27.3 Å². The number of hydrogen-bond acceptors (Lipinski definition) is 4. The van der Waals surface area contributed by atoms with Gasteiger partial charge in [-0.3, -0.25) is 25.4 Å². The van der Waals surface area contributed by atoms with Gasteiger partial charge in [-0.1, -0.05) is 30.3 Å². The molecule has 4 aromatic rings. The van der Waals surface area contributed by atoms with Crippen molar-refractivity contribution >= 4 is 60.8 Å². The minimum Gasteiger partial charge on any atom is -0.267 e. The van der Waals surface area contributed by atoms with Gasteiger partial charge in [0.15, 0.2) is 0 Å². The summed E-state index contributed by atoms with van der Waals surface area (Å²) in [4.78, 5) is 29.7. The zero-order valence-electron chi connectivity index (χ0n) is 13.3. The number of pyridine rings is 1. The summed E-state index contributed by atoms with van der Waals surface area (Å²) in [5.41, 5.74) is 5.93. The summed E-state index contributed by atoms with van der Waals surface area (Å²) in [5, 5.41) is 2.86. The second-order valence-corrected chi connectivity index (χ2v) is 8.02. The molecule has 2 heterocycles. The first-order valence-electron chi connectivity index (χ1n) is 7.76. The number of rotatable bonds is 2. The van der Waals surface area contributed by atoms with Crippen LogP contribution in [-0.2, 0) is 0 Å². The fraction of sp³-hybridized carbons (Fsp3) is 0. The number of fused-ring (bicyclic) bond motifs is 3. The molecular formula is C19H12BrN3O2S. The van der Waals surface area contributed by atoms with Crippen LogP contribution in [0.5, 0.6) is 0 Å². The lowest BCUT2D eigenvalue weighted by Crippen LogP contribution is -2.41. The summed E-state index contributed by atoms with van der Waals surface area (Å²) in [5.74, 6) is -0.782. The monoisotopic (exact) mass is 425 g/mol. The van der Waals surface area contributed by atoms with Gasteiger partial charge in [-0.15, -0.1) is 11.3 Å². The molecule has 0 spiro atoms. The highest BCUT2D eigenvalue weighted by molar-refractivity contribution is 9.11. The molecule has 0 aliphatic rings. The number of carbonyl (C=O) groups is 2. The van der Waals surface area contributed by atoms with Gasteiger partial charge in [0.1, 0.15) is 0 Å². The minimum atomic E-state index is -0.413. The van der Waals surface area contributed by atoms with E-state index >= 15 is 0 Å². The number of hydrazine groups is 1. The fourth-order valence-electron chi connectivity index (χ4n) is 2.78. The Balaban J connectivity index is 1.66. The van der Waals surface area contributed by atoms with Crippen LogP contribution < -0.4 is 10.9 Å². The van der Waals surface area contributed by atoms with Crippen molar-refractivity contribution in [1.29, 1.82) is 0 Å². The molecule has 2 aromatic carbocycles. The molecule has 128 valence electrons. The van der Waals surface area contributed by atoms with Crippen molar-refractivity contribution in [2.75, 3.05) is 0 Å². The molecule has 0 radical (unpaired) electrons. The summed E-state index contributed by atoms with van der Waals surface area (Å²) < 4.78 is 0.846. The van der Waals surface area contributed by atoms with E-state index in [9.17, 15) is 9.59 Å². The summed E-state index contributed by atoms with van der Waals surface area (Å²) in [7, 11) is 0. The number of nitrogens with zero attached hydrogens (tertiary/aromatic N) is 1. The number of aromatic nitrogens is 1. The van der Waals surface area contributed by atoms with Gasteiger partial charge in [0.25, 0.3) is 11.8 Å². The number of amides is 2. The Morgan fingerprint density at radius 1 is 0.923 bits per heavy atom. The summed E-state index contributed by atoms with van der Waals surface area (Å²) in [6, 6.07) is 16.8. The molecule has 0 aliphatic heterocycles. The van der Waals surface area contributed by atoms with Crippen LogP contribution in [0.4, 0.5) is 0 Å². The zero-order valence-corrected chi connectivity index (χ0v) is 15.7. The lowest BCUT2D eigenvalue weighted by molar-refractivity contribution is 0.0850. The van der Waals surface area contributed by atoms with Gasteiger partial charge in [0.05, 0.1) is 19.7 Å². The van der Waals surface area contributed by atoms with Gasteiger partial charge in [-0.25, -0.2) is 0 Å². The summed E-state index contributed by atoms with van der Waals surface area (Å²) in [6.07, 6.45) is 1.65. The summed E-state index contributed by atoms with van der Waals surface area (Å²) in [6.45, 7) is 0. The number of halogens is 1. The smallest absolute Gasteiger partial charge is 0.267 e. The standard InChI is InChI=1S/C19H12BrN3O2S/c20-16-8-7-15(26-16)19(25)23-22-18(24)14-10-11-4-1-2-5-12(11)13-6-3-9-21-17(13)14/h1-10H,(H,22,24)(H,23,25). The number of thiophene rings is 1. The van der Waals surface area contributed by atoms with Gasteiger partial charge >= 0.3 is 0 Å². The van der Waals surface area contributed by atoms with Gasteiger partial charge in [-0.05, 0) is 51.0 Å². The van der Waals surface area contributed by atoms with Crippen LogP contribution in [0.3, 0.4) is 0 Å².